The third-order valence-corrected chi connectivity index (χ3v) is 5.38. The van der Waals surface area contributed by atoms with E-state index in [9.17, 15) is 4.79 Å². The summed E-state index contributed by atoms with van der Waals surface area (Å²) in [4.78, 5) is 23.5. The maximum absolute atomic E-state index is 12.4. The highest BCUT2D eigenvalue weighted by molar-refractivity contribution is 6.31. The zero-order chi connectivity index (χ0) is 20.9. The summed E-state index contributed by atoms with van der Waals surface area (Å²) in [5.74, 6) is 0.911. The van der Waals surface area contributed by atoms with Crippen LogP contribution >= 0.6 is 11.6 Å². The minimum atomic E-state index is -0.192. The number of anilines is 2. The summed E-state index contributed by atoms with van der Waals surface area (Å²) in [7, 11) is 1.57. The van der Waals surface area contributed by atoms with E-state index in [0.717, 1.165) is 24.3 Å². The van der Waals surface area contributed by atoms with Crippen molar-refractivity contribution in [2.45, 2.75) is 25.7 Å². The van der Waals surface area contributed by atoms with Crippen molar-refractivity contribution in [3.05, 3.63) is 53.6 Å². The van der Waals surface area contributed by atoms with E-state index in [1.165, 1.54) is 23.9 Å². The molecular formula is C21H23ClN6O2. The first-order chi connectivity index (χ1) is 14.6. The molecule has 0 unspecified atom stereocenters. The van der Waals surface area contributed by atoms with Gasteiger partial charge in [-0.15, -0.1) is 0 Å². The van der Waals surface area contributed by atoms with Gasteiger partial charge in [-0.3, -0.25) is 4.79 Å². The van der Waals surface area contributed by atoms with Gasteiger partial charge in [0.2, 0.25) is 5.91 Å². The number of hydrogen-bond donors (Lipinski definition) is 1. The fraction of sp³-hybridized carbons (Fsp3) is 0.333. The minimum absolute atomic E-state index is 0.148. The molecule has 1 aliphatic rings. The number of nitrogens with zero attached hydrogens (tertiary/aromatic N) is 5. The van der Waals surface area contributed by atoms with Crippen LogP contribution < -0.4 is 15.0 Å². The van der Waals surface area contributed by atoms with Crippen LogP contribution in [-0.4, -0.2) is 45.9 Å². The molecule has 0 saturated carbocycles. The van der Waals surface area contributed by atoms with Gasteiger partial charge in [-0.25, -0.2) is 14.6 Å². The van der Waals surface area contributed by atoms with Gasteiger partial charge in [0.05, 0.1) is 49.7 Å². The number of ether oxygens (including phenoxy) is 1. The summed E-state index contributed by atoms with van der Waals surface area (Å²) in [5.41, 5.74) is 2.31. The Labute approximate surface area is 179 Å². The molecule has 156 valence electrons. The molecule has 1 saturated heterocycles. The standard InChI is InChI=1S/C21H23ClN6O2/c1-30-18-6-5-15(19(22)10-18)9-20(29)26-16-11-25-28(14-16)21-23-12-17(13-24-21)27-7-3-2-4-8-27/h5-6,10-14H,2-4,7-9H2,1H3,(H,26,29). The molecule has 4 rings (SSSR count). The molecule has 1 amide bonds. The predicted octanol–water partition coefficient (Wildman–Crippen LogP) is 3.50. The molecule has 30 heavy (non-hydrogen) atoms. The van der Waals surface area contributed by atoms with E-state index in [4.69, 9.17) is 16.3 Å². The van der Waals surface area contributed by atoms with Crippen LogP contribution in [0.15, 0.2) is 43.0 Å². The van der Waals surface area contributed by atoms with E-state index in [2.05, 4.69) is 25.3 Å². The average Bonchev–Trinajstić information content (AvgIpc) is 3.24. The largest absolute Gasteiger partial charge is 0.497 e. The lowest BCUT2D eigenvalue weighted by Crippen LogP contribution is -2.29. The van der Waals surface area contributed by atoms with Crippen LogP contribution in [0.3, 0.4) is 0 Å². The van der Waals surface area contributed by atoms with E-state index >= 15 is 0 Å². The molecule has 0 aliphatic carbocycles. The summed E-state index contributed by atoms with van der Waals surface area (Å²) in [6.45, 7) is 2.08. The molecule has 1 aromatic carbocycles. The highest BCUT2D eigenvalue weighted by Gasteiger charge is 2.13. The summed E-state index contributed by atoms with van der Waals surface area (Å²) >= 11 is 6.21. The molecule has 1 aliphatic heterocycles. The number of methoxy groups -OCH3 is 1. The van der Waals surface area contributed by atoms with Gasteiger partial charge in [0.25, 0.3) is 5.95 Å². The van der Waals surface area contributed by atoms with Gasteiger partial charge in [0, 0.05) is 18.1 Å². The molecule has 3 heterocycles. The van der Waals surface area contributed by atoms with E-state index in [0.29, 0.717) is 22.4 Å². The number of amides is 1. The van der Waals surface area contributed by atoms with Gasteiger partial charge in [-0.1, -0.05) is 17.7 Å². The second-order valence-corrected chi connectivity index (χ2v) is 7.55. The summed E-state index contributed by atoms with van der Waals surface area (Å²) in [6.07, 6.45) is 10.7. The second-order valence-electron chi connectivity index (χ2n) is 7.14. The van der Waals surface area contributed by atoms with Crippen molar-refractivity contribution in [1.29, 1.82) is 0 Å². The lowest BCUT2D eigenvalue weighted by molar-refractivity contribution is -0.115. The SMILES string of the molecule is COc1ccc(CC(=O)Nc2cnn(-c3ncc(N4CCCCC4)cn3)c2)c(Cl)c1. The molecule has 1 N–H and O–H groups in total. The summed E-state index contributed by atoms with van der Waals surface area (Å²) < 4.78 is 6.66. The third kappa shape index (κ3) is 4.71. The Morgan fingerprint density at radius 1 is 1.17 bits per heavy atom. The molecule has 3 aromatic rings. The number of benzene rings is 1. The minimum Gasteiger partial charge on any atom is -0.497 e. The maximum atomic E-state index is 12.4. The number of aromatic nitrogens is 4. The number of carbonyl (C=O) groups is 1. The molecule has 9 heteroatoms. The van der Waals surface area contributed by atoms with Crippen molar-refractivity contribution in [3.63, 3.8) is 0 Å². The molecule has 0 atom stereocenters. The Hall–Kier alpha value is -3.13. The molecule has 2 aromatic heterocycles. The molecule has 8 nitrogen and oxygen atoms in total. The van der Waals surface area contributed by atoms with Gasteiger partial charge < -0.3 is 15.0 Å². The average molecular weight is 427 g/mol. The summed E-state index contributed by atoms with van der Waals surface area (Å²) in [5, 5.41) is 7.56. The van der Waals surface area contributed by atoms with Crippen LogP contribution in [0.4, 0.5) is 11.4 Å². The van der Waals surface area contributed by atoms with Gasteiger partial charge in [0.15, 0.2) is 0 Å². The molecule has 0 bridgehead atoms. The zero-order valence-electron chi connectivity index (χ0n) is 16.7. The van der Waals surface area contributed by atoms with Crippen molar-refractivity contribution < 1.29 is 9.53 Å². The quantitative estimate of drug-likeness (QED) is 0.649. The lowest BCUT2D eigenvalue weighted by atomic mass is 10.1. The van der Waals surface area contributed by atoms with E-state index in [1.807, 2.05) is 12.4 Å². The molecule has 0 radical (unpaired) electrons. The topological polar surface area (TPSA) is 85.2 Å². The predicted molar refractivity (Wildman–Crippen MR) is 116 cm³/mol. The van der Waals surface area contributed by atoms with Crippen LogP contribution in [-0.2, 0) is 11.2 Å². The second kappa shape index (κ2) is 9.13. The van der Waals surface area contributed by atoms with Crippen molar-refractivity contribution in [1.82, 2.24) is 19.7 Å². The number of hydrogen-bond acceptors (Lipinski definition) is 6. The maximum Gasteiger partial charge on any atom is 0.250 e. The molecule has 1 fully saturated rings. The van der Waals surface area contributed by atoms with E-state index in [1.54, 1.807) is 37.7 Å². The fourth-order valence-corrected chi connectivity index (χ4v) is 3.66. The number of nitrogens with one attached hydrogen (secondary N) is 1. The summed E-state index contributed by atoms with van der Waals surface area (Å²) in [6, 6.07) is 5.24. The first kappa shape index (κ1) is 20.2. The third-order valence-electron chi connectivity index (χ3n) is 5.03. The Morgan fingerprint density at radius 3 is 2.63 bits per heavy atom. The first-order valence-electron chi connectivity index (χ1n) is 9.86. The van der Waals surface area contributed by atoms with Crippen LogP contribution in [0.1, 0.15) is 24.8 Å². The molecular weight excluding hydrogens is 404 g/mol. The lowest BCUT2D eigenvalue weighted by Gasteiger charge is -2.28. The number of carbonyl (C=O) groups excluding carboxylic acids is 1. The molecule has 0 spiro atoms. The highest BCUT2D eigenvalue weighted by Crippen LogP contribution is 2.23. The fourth-order valence-electron chi connectivity index (χ4n) is 3.42. The van der Waals surface area contributed by atoms with E-state index in [-0.39, 0.29) is 12.3 Å². The van der Waals surface area contributed by atoms with Gasteiger partial charge in [0.1, 0.15) is 5.75 Å². The van der Waals surface area contributed by atoms with Crippen LogP contribution in [0.2, 0.25) is 5.02 Å². The Kier molecular flexibility index (Phi) is 6.13. The van der Waals surface area contributed by atoms with Crippen molar-refractivity contribution in [2.75, 3.05) is 30.4 Å². The zero-order valence-corrected chi connectivity index (χ0v) is 17.5. The van der Waals surface area contributed by atoms with E-state index < -0.39 is 0 Å². The normalized spacial score (nSPS) is 13.9. The Balaban J connectivity index is 1.38. The Morgan fingerprint density at radius 2 is 1.93 bits per heavy atom. The monoisotopic (exact) mass is 426 g/mol. The Bertz CT molecular complexity index is 1010. The van der Waals surface area contributed by atoms with Crippen molar-refractivity contribution >= 4 is 28.9 Å². The smallest absolute Gasteiger partial charge is 0.250 e. The van der Waals surface area contributed by atoms with Crippen molar-refractivity contribution in [3.8, 4) is 11.7 Å². The number of piperidine rings is 1. The number of rotatable bonds is 6. The first-order valence-corrected chi connectivity index (χ1v) is 10.2. The van der Waals surface area contributed by atoms with Crippen LogP contribution in [0, 0.1) is 0 Å². The van der Waals surface area contributed by atoms with Gasteiger partial charge >= 0.3 is 0 Å². The van der Waals surface area contributed by atoms with Crippen LogP contribution in [0.25, 0.3) is 5.95 Å². The highest BCUT2D eigenvalue weighted by atomic mass is 35.5. The van der Waals surface area contributed by atoms with Crippen LogP contribution in [0.5, 0.6) is 5.75 Å². The van der Waals surface area contributed by atoms with Crippen molar-refractivity contribution in [2.24, 2.45) is 0 Å². The number of halogens is 1. The van der Waals surface area contributed by atoms with Gasteiger partial charge in [-0.2, -0.15) is 5.10 Å². The van der Waals surface area contributed by atoms with Gasteiger partial charge in [-0.05, 0) is 37.0 Å².